The van der Waals surface area contributed by atoms with E-state index in [9.17, 15) is 4.79 Å². The minimum absolute atomic E-state index is 0.0638. The molecule has 1 N–H and O–H groups in total. The summed E-state index contributed by atoms with van der Waals surface area (Å²) in [5, 5.41) is 3.25. The van der Waals surface area contributed by atoms with Crippen molar-refractivity contribution in [2.75, 3.05) is 30.5 Å². The first-order chi connectivity index (χ1) is 7.08. The summed E-state index contributed by atoms with van der Waals surface area (Å²) in [5.41, 5.74) is 0. The van der Waals surface area contributed by atoms with Crippen molar-refractivity contribution in [3.63, 3.8) is 0 Å². The smallest absolute Gasteiger partial charge is 0.240 e. The van der Waals surface area contributed by atoms with Crippen molar-refractivity contribution >= 4 is 29.4 Å². The highest BCUT2D eigenvalue weighted by Gasteiger charge is 2.33. The average molecular weight is 246 g/mol. The molecule has 0 aliphatic carbocycles. The molecule has 2 aliphatic heterocycles. The average Bonchev–Trinajstić information content (AvgIpc) is 2.67. The highest BCUT2D eigenvalue weighted by atomic mass is 32.2. The van der Waals surface area contributed by atoms with Gasteiger partial charge in [0.15, 0.2) is 0 Å². The minimum atomic E-state index is 0.0638. The van der Waals surface area contributed by atoms with E-state index >= 15 is 0 Å². The molecule has 15 heavy (non-hydrogen) atoms. The second-order valence-electron chi connectivity index (χ2n) is 4.64. The van der Waals surface area contributed by atoms with Crippen LogP contribution in [0.3, 0.4) is 0 Å². The predicted octanol–water partition coefficient (Wildman–Crippen LogP) is 1.00. The largest absolute Gasteiger partial charge is 0.339 e. The van der Waals surface area contributed by atoms with E-state index in [1.165, 1.54) is 0 Å². The molecule has 2 aliphatic rings. The van der Waals surface area contributed by atoms with Crippen LogP contribution in [0.4, 0.5) is 0 Å². The lowest BCUT2D eigenvalue weighted by atomic mass is 10.1. The Morgan fingerprint density at radius 1 is 1.53 bits per heavy atom. The normalized spacial score (nSPS) is 30.5. The quantitative estimate of drug-likeness (QED) is 0.748. The molecule has 3 nitrogen and oxygen atoms in total. The summed E-state index contributed by atoms with van der Waals surface area (Å²) in [6.45, 7) is 6.23. The third-order valence-electron chi connectivity index (χ3n) is 2.75. The first-order valence-corrected chi connectivity index (χ1v) is 7.46. The van der Waals surface area contributed by atoms with Gasteiger partial charge in [0.1, 0.15) is 0 Å². The number of nitrogens with zero attached hydrogens (tertiary/aromatic N) is 1. The van der Waals surface area contributed by atoms with Crippen LogP contribution in [0.2, 0.25) is 0 Å². The lowest BCUT2D eigenvalue weighted by Crippen LogP contribution is -2.52. The number of hydrogen-bond acceptors (Lipinski definition) is 4. The fraction of sp³-hybridized carbons (Fsp3) is 0.900. The van der Waals surface area contributed by atoms with E-state index in [1.54, 1.807) is 0 Å². The van der Waals surface area contributed by atoms with Gasteiger partial charge < -0.3 is 4.90 Å². The minimum Gasteiger partial charge on any atom is -0.339 e. The molecular weight excluding hydrogens is 228 g/mol. The van der Waals surface area contributed by atoms with Crippen molar-refractivity contribution in [3.8, 4) is 0 Å². The zero-order valence-corrected chi connectivity index (χ0v) is 10.9. The van der Waals surface area contributed by atoms with Crippen molar-refractivity contribution in [2.24, 2.45) is 0 Å². The molecule has 86 valence electrons. The van der Waals surface area contributed by atoms with Gasteiger partial charge in [-0.05, 0) is 13.8 Å². The molecule has 1 amide bonds. The molecule has 5 heteroatoms. The molecule has 0 spiro atoms. The van der Waals surface area contributed by atoms with Gasteiger partial charge in [-0.1, -0.05) is 0 Å². The van der Waals surface area contributed by atoms with Crippen LogP contribution in [0.5, 0.6) is 0 Å². The van der Waals surface area contributed by atoms with Crippen molar-refractivity contribution in [1.29, 1.82) is 0 Å². The van der Waals surface area contributed by atoms with Gasteiger partial charge in [-0.3, -0.25) is 10.1 Å². The number of carbonyl (C=O) groups excluding carboxylic acids is 1. The van der Waals surface area contributed by atoms with E-state index in [4.69, 9.17) is 0 Å². The van der Waals surface area contributed by atoms with Gasteiger partial charge in [0, 0.05) is 35.2 Å². The standard InChI is InChI=1S/C10H18N2OS2/c1-10(2)6-12(3-4-15-10)9(13)8-5-14-7-11-8/h8,11H,3-7H2,1-2H3/t8-/m1/s1. The molecule has 2 fully saturated rings. The maximum Gasteiger partial charge on any atom is 0.240 e. The monoisotopic (exact) mass is 246 g/mol. The molecule has 0 radical (unpaired) electrons. The van der Waals surface area contributed by atoms with Crippen LogP contribution in [0.1, 0.15) is 13.8 Å². The number of rotatable bonds is 1. The van der Waals surface area contributed by atoms with Crippen LogP contribution in [0, 0.1) is 0 Å². The molecule has 2 saturated heterocycles. The zero-order valence-electron chi connectivity index (χ0n) is 9.28. The van der Waals surface area contributed by atoms with Crippen LogP contribution in [0.25, 0.3) is 0 Å². The fourth-order valence-corrected chi connectivity index (χ4v) is 4.02. The summed E-state index contributed by atoms with van der Waals surface area (Å²) in [4.78, 5) is 14.2. The molecular formula is C10H18N2OS2. The first kappa shape index (κ1) is 11.6. The van der Waals surface area contributed by atoms with E-state index in [2.05, 4.69) is 19.2 Å². The van der Waals surface area contributed by atoms with Crippen LogP contribution in [-0.2, 0) is 4.79 Å². The van der Waals surface area contributed by atoms with Crippen LogP contribution < -0.4 is 5.32 Å². The molecule has 0 aromatic carbocycles. The Balaban J connectivity index is 1.94. The van der Waals surface area contributed by atoms with E-state index in [0.717, 1.165) is 30.5 Å². The Morgan fingerprint density at radius 2 is 2.33 bits per heavy atom. The van der Waals surface area contributed by atoms with Gasteiger partial charge in [0.05, 0.1) is 6.04 Å². The van der Waals surface area contributed by atoms with Gasteiger partial charge in [-0.2, -0.15) is 11.8 Å². The predicted molar refractivity (Wildman–Crippen MR) is 67.4 cm³/mol. The Kier molecular flexibility index (Phi) is 3.52. The van der Waals surface area contributed by atoms with Crippen molar-refractivity contribution < 1.29 is 4.79 Å². The van der Waals surface area contributed by atoms with E-state index in [-0.39, 0.29) is 10.8 Å². The third-order valence-corrected chi connectivity index (χ3v) is 4.99. The van der Waals surface area contributed by atoms with Gasteiger partial charge in [-0.15, -0.1) is 11.8 Å². The summed E-state index contributed by atoms with van der Waals surface area (Å²) in [6.07, 6.45) is 0. The number of amides is 1. The number of hydrogen-bond donors (Lipinski definition) is 1. The van der Waals surface area contributed by atoms with Gasteiger partial charge in [-0.25, -0.2) is 0 Å². The second kappa shape index (κ2) is 4.55. The number of nitrogens with one attached hydrogen (secondary N) is 1. The Hall–Kier alpha value is 0.130. The summed E-state index contributed by atoms with van der Waals surface area (Å²) in [6, 6.07) is 0.0638. The molecule has 2 heterocycles. The van der Waals surface area contributed by atoms with Crippen LogP contribution >= 0.6 is 23.5 Å². The zero-order chi connectivity index (χ0) is 10.9. The molecule has 0 bridgehead atoms. The van der Waals surface area contributed by atoms with Gasteiger partial charge in [0.25, 0.3) is 0 Å². The molecule has 0 unspecified atom stereocenters. The summed E-state index contributed by atoms with van der Waals surface area (Å²) in [5.74, 6) is 3.22. The Labute approximate surface area is 99.7 Å². The Morgan fingerprint density at radius 3 is 2.93 bits per heavy atom. The molecule has 0 saturated carbocycles. The van der Waals surface area contributed by atoms with Crippen LogP contribution in [0.15, 0.2) is 0 Å². The van der Waals surface area contributed by atoms with E-state index in [0.29, 0.717) is 5.91 Å². The molecule has 0 aromatic heterocycles. The molecule has 2 rings (SSSR count). The highest BCUT2D eigenvalue weighted by Crippen LogP contribution is 2.30. The van der Waals surface area contributed by atoms with Gasteiger partial charge >= 0.3 is 0 Å². The summed E-state index contributed by atoms with van der Waals surface area (Å²) >= 11 is 3.78. The fourth-order valence-electron chi connectivity index (χ4n) is 1.98. The topological polar surface area (TPSA) is 32.3 Å². The SMILES string of the molecule is CC1(C)CN(C(=O)[C@H]2CSCN2)CCS1. The number of carbonyl (C=O) groups is 1. The highest BCUT2D eigenvalue weighted by molar-refractivity contribution is 8.00. The van der Waals surface area contributed by atoms with Crippen LogP contribution in [-0.4, -0.2) is 52.1 Å². The van der Waals surface area contributed by atoms with E-state index < -0.39 is 0 Å². The molecule has 0 aromatic rings. The van der Waals surface area contributed by atoms with Crippen molar-refractivity contribution in [2.45, 2.75) is 24.6 Å². The van der Waals surface area contributed by atoms with Gasteiger partial charge in [0.2, 0.25) is 5.91 Å². The van der Waals surface area contributed by atoms with E-state index in [1.807, 2.05) is 28.4 Å². The maximum absolute atomic E-state index is 12.1. The molecule has 1 atom stereocenters. The first-order valence-electron chi connectivity index (χ1n) is 5.32. The lowest BCUT2D eigenvalue weighted by Gasteiger charge is -2.38. The summed E-state index contributed by atoms with van der Waals surface area (Å²) in [7, 11) is 0. The Bertz CT molecular complexity index is 252. The number of thioether (sulfide) groups is 2. The van der Waals surface area contributed by atoms with Crippen molar-refractivity contribution in [3.05, 3.63) is 0 Å². The summed E-state index contributed by atoms with van der Waals surface area (Å²) < 4.78 is 0.222. The maximum atomic E-state index is 12.1. The third kappa shape index (κ3) is 2.82. The van der Waals surface area contributed by atoms with Crippen molar-refractivity contribution in [1.82, 2.24) is 10.2 Å². The lowest BCUT2D eigenvalue weighted by molar-refractivity contribution is -0.132. The second-order valence-corrected chi connectivity index (χ2v) is 7.47.